The van der Waals surface area contributed by atoms with Crippen molar-refractivity contribution in [1.82, 2.24) is 4.90 Å². The minimum absolute atomic E-state index is 0.537. The molecule has 1 aliphatic rings. The van der Waals surface area contributed by atoms with Crippen LogP contribution in [0.15, 0.2) is 16.7 Å². The topological polar surface area (TPSA) is 42.4 Å². The smallest absolute Gasteiger partial charge is 0.122 e. The molecule has 0 amide bonds. The van der Waals surface area contributed by atoms with Gasteiger partial charge in [0.1, 0.15) is 5.76 Å². The molecule has 0 radical (unpaired) electrons. The van der Waals surface area contributed by atoms with Crippen LogP contribution in [-0.4, -0.2) is 18.0 Å². The lowest BCUT2D eigenvalue weighted by Crippen LogP contribution is -2.26. The van der Waals surface area contributed by atoms with Crippen molar-refractivity contribution in [3.63, 3.8) is 0 Å². The molecule has 2 heterocycles. The first-order chi connectivity index (χ1) is 8.23. The second-order valence-corrected chi connectivity index (χ2v) is 5.24. The number of hydrogen-bond donors (Lipinski definition) is 1. The quantitative estimate of drug-likeness (QED) is 0.854. The molecule has 17 heavy (non-hydrogen) atoms. The van der Waals surface area contributed by atoms with Gasteiger partial charge in [0.25, 0.3) is 0 Å². The number of nitrogens with two attached hydrogens (primary N) is 1. The van der Waals surface area contributed by atoms with Crippen molar-refractivity contribution in [3.05, 3.63) is 23.7 Å². The molecule has 0 saturated carbocycles. The summed E-state index contributed by atoms with van der Waals surface area (Å²) in [6.07, 6.45) is 5.63. The fourth-order valence-corrected chi connectivity index (χ4v) is 2.88. The monoisotopic (exact) mass is 236 g/mol. The van der Waals surface area contributed by atoms with E-state index in [-0.39, 0.29) is 0 Å². The van der Waals surface area contributed by atoms with Crippen molar-refractivity contribution >= 4 is 0 Å². The van der Waals surface area contributed by atoms with E-state index in [0.29, 0.717) is 12.0 Å². The van der Waals surface area contributed by atoms with E-state index < -0.39 is 0 Å². The van der Waals surface area contributed by atoms with E-state index in [2.05, 4.69) is 18.7 Å². The van der Waals surface area contributed by atoms with Gasteiger partial charge in [0.05, 0.1) is 12.8 Å². The Hall–Kier alpha value is -0.800. The van der Waals surface area contributed by atoms with Crippen LogP contribution >= 0.6 is 0 Å². The van der Waals surface area contributed by atoms with Crippen LogP contribution in [0.4, 0.5) is 0 Å². The minimum Gasteiger partial charge on any atom is -0.468 e. The van der Waals surface area contributed by atoms with Gasteiger partial charge in [0.2, 0.25) is 0 Å². The van der Waals surface area contributed by atoms with E-state index in [1.807, 2.05) is 6.07 Å². The summed E-state index contributed by atoms with van der Waals surface area (Å²) in [5.41, 5.74) is 7.38. The van der Waals surface area contributed by atoms with Gasteiger partial charge in [-0.1, -0.05) is 13.8 Å². The van der Waals surface area contributed by atoms with Gasteiger partial charge in [-0.2, -0.15) is 0 Å². The Labute approximate surface area is 104 Å². The predicted molar refractivity (Wildman–Crippen MR) is 69.5 cm³/mol. The highest BCUT2D eigenvalue weighted by Gasteiger charge is 2.35. The molecule has 1 fully saturated rings. The number of likely N-dealkylation sites (tertiary alicyclic amines) is 1. The van der Waals surface area contributed by atoms with Crippen molar-refractivity contribution in [2.45, 2.75) is 46.2 Å². The summed E-state index contributed by atoms with van der Waals surface area (Å²) >= 11 is 0. The van der Waals surface area contributed by atoms with E-state index in [1.54, 1.807) is 6.26 Å². The third-order valence-corrected chi connectivity index (χ3v) is 4.44. The van der Waals surface area contributed by atoms with Gasteiger partial charge < -0.3 is 10.2 Å². The Balaban J connectivity index is 1.98. The second kappa shape index (κ2) is 5.23. The first-order valence-electron chi connectivity index (χ1n) is 6.70. The summed E-state index contributed by atoms with van der Waals surface area (Å²) < 4.78 is 5.53. The zero-order valence-corrected chi connectivity index (χ0v) is 11.0. The van der Waals surface area contributed by atoms with Gasteiger partial charge in [0.15, 0.2) is 0 Å². The number of hydrogen-bond acceptors (Lipinski definition) is 3. The SMILES string of the molecule is CCC1(CC)CCN(Cc2occc2CN)C1. The zero-order valence-electron chi connectivity index (χ0n) is 11.0. The largest absolute Gasteiger partial charge is 0.468 e. The van der Waals surface area contributed by atoms with Crippen LogP contribution in [0.5, 0.6) is 0 Å². The Morgan fingerprint density at radius 3 is 2.76 bits per heavy atom. The Bertz CT molecular complexity index is 355. The van der Waals surface area contributed by atoms with Crippen LogP contribution in [0.2, 0.25) is 0 Å². The van der Waals surface area contributed by atoms with Crippen molar-refractivity contribution in [2.75, 3.05) is 13.1 Å². The molecule has 0 spiro atoms. The maximum Gasteiger partial charge on any atom is 0.122 e. The van der Waals surface area contributed by atoms with Crippen LogP contribution < -0.4 is 5.73 Å². The third kappa shape index (κ3) is 2.55. The summed E-state index contributed by atoms with van der Waals surface area (Å²) in [7, 11) is 0. The van der Waals surface area contributed by atoms with Gasteiger partial charge in [-0.3, -0.25) is 4.90 Å². The van der Waals surface area contributed by atoms with E-state index >= 15 is 0 Å². The van der Waals surface area contributed by atoms with Gasteiger partial charge in [-0.25, -0.2) is 0 Å². The van der Waals surface area contributed by atoms with Crippen LogP contribution in [-0.2, 0) is 13.1 Å². The van der Waals surface area contributed by atoms with Crippen LogP contribution in [0.3, 0.4) is 0 Å². The molecule has 3 nitrogen and oxygen atoms in total. The minimum atomic E-state index is 0.537. The van der Waals surface area contributed by atoms with Crippen molar-refractivity contribution in [1.29, 1.82) is 0 Å². The highest BCUT2D eigenvalue weighted by Crippen LogP contribution is 2.37. The summed E-state index contributed by atoms with van der Waals surface area (Å²) in [4.78, 5) is 2.50. The normalized spacial score (nSPS) is 19.9. The standard InChI is InChI=1S/C14H24N2O/c1-3-14(4-2)6-7-16(11-14)10-13-12(9-15)5-8-17-13/h5,8H,3-4,6-7,9-11,15H2,1-2H3. The van der Waals surface area contributed by atoms with Crippen LogP contribution in [0.1, 0.15) is 44.4 Å². The average Bonchev–Trinajstić information content (AvgIpc) is 2.97. The molecule has 1 aromatic rings. The molecule has 1 aromatic heterocycles. The fourth-order valence-electron chi connectivity index (χ4n) is 2.88. The molecule has 0 bridgehead atoms. The first kappa shape index (κ1) is 12.7. The van der Waals surface area contributed by atoms with Gasteiger partial charge >= 0.3 is 0 Å². The molecule has 0 unspecified atom stereocenters. The van der Waals surface area contributed by atoms with E-state index in [0.717, 1.165) is 17.9 Å². The Morgan fingerprint density at radius 1 is 1.41 bits per heavy atom. The molecule has 3 heteroatoms. The molecule has 1 saturated heterocycles. The molecular weight excluding hydrogens is 212 g/mol. The molecule has 1 aliphatic heterocycles. The van der Waals surface area contributed by atoms with Crippen molar-refractivity contribution in [3.8, 4) is 0 Å². The summed E-state index contributed by atoms with van der Waals surface area (Å²) in [5.74, 6) is 1.05. The average molecular weight is 236 g/mol. The Kier molecular flexibility index (Phi) is 3.89. The molecule has 2 rings (SSSR count). The number of rotatable bonds is 5. The van der Waals surface area contributed by atoms with Crippen LogP contribution in [0, 0.1) is 5.41 Å². The van der Waals surface area contributed by atoms with Crippen molar-refractivity contribution < 1.29 is 4.42 Å². The maximum absolute atomic E-state index is 5.70. The van der Waals surface area contributed by atoms with E-state index in [9.17, 15) is 0 Å². The highest BCUT2D eigenvalue weighted by molar-refractivity contribution is 5.16. The molecule has 0 aromatic carbocycles. The maximum atomic E-state index is 5.70. The first-order valence-corrected chi connectivity index (χ1v) is 6.70. The van der Waals surface area contributed by atoms with Gasteiger partial charge in [-0.05, 0) is 37.3 Å². The number of furan rings is 1. The number of nitrogens with zero attached hydrogens (tertiary/aromatic N) is 1. The summed E-state index contributed by atoms with van der Waals surface area (Å²) in [5, 5.41) is 0. The fraction of sp³-hybridized carbons (Fsp3) is 0.714. The molecule has 96 valence electrons. The summed E-state index contributed by atoms with van der Waals surface area (Å²) in [6.45, 7) is 8.50. The lowest BCUT2D eigenvalue weighted by atomic mass is 9.82. The molecule has 2 N–H and O–H groups in total. The van der Waals surface area contributed by atoms with E-state index in [4.69, 9.17) is 10.2 Å². The zero-order chi connectivity index (χ0) is 12.3. The Morgan fingerprint density at radius 2 is 2.18 bits per heavy atom. The lowest BCUT2D eigenvalue weighted by Gasteiger charge is -2.26. The van der Waals surface area contributed by atoms with Crippen molar-refractivity contribution in [2.24, 2.45) is 11.1 Å². The predicted octanol–water partition coefficient (Wildman–Crippen LogP) is 2.75. The van der Waals surface area contributed by atoms with Gasteiger partial charge in [-0.15, -0.1) is 0 Å². The third-order valence-electron chi connectivity index (χ3n) is 4.44. The molecule has 0 atom stereocenters. The van der Waals surface area contributed by atoms with Crippen LogP contribution in [0.25, 0.3) is 0 Å². The lowest BCUT2D eigenvalue weighted by molar-refractivity contribution is 0.225. The highest BCUT2D eigenvalue weighted by atomic mass is 16.3. The summed E-state index contributed by atoms with van der Waals surface area (Å²) in [6, 6.07) is 1.98. The molecular formula is C14H24N2O. The van der Waals surface area contributed by atoms with Gasteiger partial charge in [0, 0.05) is 18.7 Å². The van der Waals surface area contributed by atoms with E-state index in [1.165, 1.54) is 32.4 Å². The second-order valence-electron chi connectivity index (χ2n) is 5.24. The molecule has 0 aliphatic carbocycles.